The second kappa shape index (κ2) is 4.49. The average Bonchev–Trinajstić information content (AvgIpc) is 3.20. The predicted molar refractivity (Wildman–Crippen MR) is 66.8 cm³/mol. The van der Waals surface area contributed by atoms with Crippen molar-refractivity contribution in [1.82, 2.24) is 10.2 Å². The van der Waals surface area contributed by atoms with Crippen LogP contribution in [0.15, 0.2) is 24.3 Å². The Balaban J connectivity index is 1.82. The lowest BCUT2D eigenvalue weighted by Gasteiger charge is -2.35. The van der Waals surface area contributed by atoms with E-state index in [4.69, 9.17) is 0 Å². The van der Waals surface area contributed by atoms with Crippen LogP contribution in [0.25, 0.3) is 0 Å². The Labute approximate surface area is 110 Å². The van der Waals surface area contributed by atoms with Gasteiger partial charge in [0.2, 0.25) is 0 Å². The largest absolute Gasteiger partial charge is 0.416 e. The van der Waals surface area contributed by atoms with Gasteiger partial charge in [0.05, 0.1) is 5.56 Å². The van der Waals surface area contributed by atoms with Crippen LogP contribution in [0, 0.1) is 0 Å². The molecule has 1 heterocycles. The molecular weight excluding hydrogens is 253 g/mol. The summed E-state index contributed by atoms with van der Waals surface area (Å²) in [5.74, 6) is 0. The second-order valence-electron chi connectivity index (χ2n) is 5.34. The van der Waals surface area contributed by atoms with E-state index in [9.17, 15) is 13.2 Å². The first-order valence-corrected chi connectivity index (χ1v) is 6.66. The topological polar surface area (TPSA) is 15.3 Å². The van der Waals surface area contributed by atoms with Gasteiger partial charge in [-0.25, -0.2) is 0 Å². The third kappa shape index (κ3) is 2.37. The molecule has 1 N–H and O–H groups in total. The summed E-state index contributed by atoms with van der Waals surface area (Å²) >= 11 is 0. The smallest absolute Gasteiger partial charge is 0.314 e. The quantitative estimate of drug-likeness (QED) is 0.888. The highest BCUT2D eigenvalue weighted by atomic mass is 19.4. The minimum absolute atomic E-state index is 0.00618. The lowest BCUT2D eigenvalue weighted by molar-refractivity contribution is -0.137. The normalized spacial score (nSPS) is 23.3. The lowest BCUT2D eigenvalue weighted by atomic mass is 10.0. The molecule has 1 aliphatic carbocycles. The zero-order chi connectivity index (χ0) is 13.5. The summed E-state index contributed by atoms with van der Waals surface area (Å²) in [5, 5.41) is 3.30. The van der Waals surface area contributed by atoms with Gasteiger partial charge >= 0.3 is 6.18 Å². The first-order valence-electron chi connectivity index (χ1n) is 6.66. The molecule has 0 spiro atoms. The molecule has 19 heavy (non-hydrogen) atoms. The van der Waals surface area contributed by atoms with Crippen molar-refractivity contribution in [2.75, 3.05) is 26.2 Å². The maximum atomic E-state index is 12.6. The molecule has 0 radical (unpaired) electrons. The number of benzene rings is 1. The Morgan fingerprint density at radius 2 is 1.58 bits per heavy atom. The van der Waals surface area contributed by atoms with Crippen LogP contribution in [0.1, 0.15) is 24.0 Å². The molecule has 0 amide bonds. The van der Waals surface area contributed by atoms with E-state index < -0.39 is 11.7 Å². The summed E-state index contributed by atoms with van der Waals surface area (Å²) in [6.07, 6.45) is -2.14. The second-order valence-corrected chi connectivity index (χ2v) is 5.34. The van der Waals surface area contributed by atoms with Crippen molar-refractivity contribution in [3.63, 3.8) is 0 Å². The molecule has 1 saturated heterocycles. The van der Waals surface area contributed by atoms with Crippen molar-refractivity contribution in [3.8, 4) is 0 Å². The Bertz CT molecular complexity index is 443. The van der Waals surface area contributed by atoms with Crippen LogP contribution >= 0.6 is 0 Å². The minimum atomic E-state index is -4.25. The molecule has 1 saturated carbocycles. The van der Waals surface area contributed by atoms with Crippen molar-refractivity contribution >= 4 is 0 Å². The molecule has 3 rings (SSSR count). The minimum Gasteiger partial charge on any atom is -0.314 e. The average molecular weight is 270 g/mol. The van der Waals surface area contributed by atoms with Crippen molar-refractivity contribution in [3.05, 3.63) is 35.4 Å². The monoisotopic (exact) mass is 270 g/mol. The molecule has 104 valence electrons. The van der Waals surface area contributed by atoms with E-state index in [0.717, 1.165) is 44.6 Å². The molecule has 1 aliphatic heterocycles. The van der Waals surface area contributed by atoms with Gasteiger partial charge in [-0.05, 0) is 30.5 Å². The van der Waals surface area contributed by atoms with Gasteiger partial charge < -0.3 is 5.32 Å². The fourth-order valence-electron chi connectivity index (χ4n) is 2.97. The van der Waals surface area contributed by atoms with Crippen LogP contribution in [-0.2, 0) is 11.7 Å². The summed E-state index contributed by atoms with van der Waals surface area (Å²) in [5.41, 5.74) is 0.474. The highest BCUT2D eigenvalue weighted by Gasteiger charge is 2.49. The van der Waals surface area contributed by atoms with Gasteiger partial charge in [0, 0.05) is 31.7 Å². The molecule has 0 unspecified atom stereocenters. The van der Waals surface area contributed by atoms with Gasteiger partial charge in [-0.3, -0.25) is 4.90 Å². The van der Waals surface area contributed by atoms with Gasteiger partial charge in [0.25, 0.3) is 0 Å². The van der Waals surface area contributed by atoms with Crippen molar-refractivity contribution < 1.29 is 13.2 Å². The van der Waals surface area contributed by atoms with E-state index >= 15 is 0 Å². The third-order valence-corrected chi connectivity index (χ3v) is 4.20. The van der Waals surface area contributed by atoms with Crippen LogP contribution in [0.5, 0.6) is 0 Å². The molecule has 2 nitrogen and oxygen atoms in total. The standard InChI is InChI=1S/C14H17F3N2/c15-14(16,17)12-3-1-11(2-4-12)13(5-6-13)19-9-7-18-8-10-19/h1-4,18H,5-10H2. The zero-order valence-electron chi connectivity index (χ0n) is 10.6. The first-order chi connectivity index (χ1) is 9.02. The van der Waals surface area contributed by atoms with Crippen molar-refractivity contribution in [2.24, 2.45) is 0 Å². The molecule has 2 fully saturated rings. The van der Waals surface area contributed by atoms with Crippen molar-refractivity contribution in [1.29, 1.82) is 0 Å². The fourth-order valence-corrected chi connectivity index (χ4v) is 2.97. The van der Waals surface area contributed by atoms with E-state index in [2.05, 4.69) is 10.2 Å². The predicted octanol–water partition coefficient (Wildman–Crippen LogP) is 2.60. The van der Waals surface area contributed by atoms with Gasteiger partial charge in [-0.2, -0.15) is 13.2 Å². The first kappa shape index (κ1) is 12.9. The Hall–Kier alpha value is -1.07. The van der Waals surface area contributed by atoms with Gasteiger partial charge in [0.15, 0.2) is 0 Å². The number of rotatable bonds is 2. The summed E-state index contributed by atoms with van der Waals surface area (Å²) in [7, 11) is 0. The van der Waals surface area contributed by atoms with Crippen molar-refractivity contribution in [2.45, 2.75) is 24.6 Å². The van der Waals surface area contributed by atoms with E-state index in [1.165, 1.54) is 12.1 Å². The molecule has 0 bridgehead atoms. The SMILES string of the molecule is FC(F)(F)c1ccc(C2(N3CCNCC3)CC2)cc1. The Kier molecular flexibility index (Phi) is 3.06. The lowest BCUT2D eigenvalue weighted by Crippen LogP contribution is -2.48. The number of halogens is 3. The molecule has 0 aromatic heterocycles. The summed E-state index contributed by atoms with van der Waals surface area (Å²) in [4.78, 5) is 2.41. The van der Waals surface area contributed by atoms with Crippen LogP contribution in [-0.4, -0.2) is 31.1 Å². The molecule has 1 aromatic rings. The summed E-state index contributed by atoms with van der Waals surface area (Å²) < 4.78 is 37.7. The highest BCUT2D eigenvalue weighted by Crippen LogP contribution is 2.51. The highest BCUT2D eigenvalue weighted by molar-refractivity contribution is 5.34. The zero-order valence-corrected chi connectivity index (χ0v) is 10.6. The Morgan fingerprint density at radius 3 is 2.05 bits per heavy atom. The molecule has 1 aromatic carbocycles. The van der Waals surface area contributed by atoms with E-state index in [0.29, 0.717) is 0 Å². The third-order valence-electron chi connectivity index (χ3n) is 4.20. The van der Waals surface area contributed by atoms with Crippen LogP contribution in [0.3, 0.4) is 0 Å². The summed E-state index contributed by atoms with van der Waals surface area (Å²) in [6, 6.07) is 5.71. The van der Waals surface area contributed by atoms with E-state index in [1.54, 1.807) is 12.1 Å². The number of nitrogens with one attached hydrogen (secondary N) is 1. The van der Waals surface area contributed by atoms with E-state index in [1.807, 2.05) is 0 Å². The van der Waals surface area contributed by atoms with Crippen LogP contribution in [0.2, 0.25) is 0 Å². The Morgan fingerprint density at radius 1 is 1.00 bits per heavy atom. The number of hydrogen-bond donors (Lipinski definition) is 1. The molecule has 5 heteroatoms. The number of piperazine rings is 1. The number of alkyl halides is 3. The number of nitrogens with zero attached hydrogens (tertiary/aromatic N) is 1. The molecule has 2 aliphatic rings. The maximum absolute atomic E-state index is 12.6. The summed E-state index contributed by atoms with van der Waals surface area (Å²) in [6.45, 7) is 3.87. The van der Waals surface area contributed by atoms with Gasteiger partial charge in [-0.15, -0.1) is 0 Å². The van der Waals surface area contributed by atoms with E-state index in [-0.39, 0.29) is 5.54 Å². The molecular formula is C14H17F3N2. The maximum Gasteiger partial charge on any atom is 0.416 e. The van der Waals surface area contributed by atoms with Crippen LogP contribution in [0.4, 0.5) is 13.2 Å². The number of hydrogen-bond acceptors (Lipinski definition) is 2. The van der Waals surface area contributed by atoms with Gasteiger partial charge in [0.1, 0.15) is 0 Å². The fraction of sp³-hybridized carbons (Fsp3) is 0.571. The van der Waals surface area contributed by atoms with Gasteiger partial charge in [-0.1, -0.05) is 12.1 Å². The van der Waals surface area contributed by atoms with Crippen LogP contribution < -0.4 is 5.32 Å². The molecule has 0 atom stereocenters.